The minimum Gasteiger partial charge on any atom is -0.399 e. The number of nitrogens with two attached hydrogens (primary N) is 2. The maximum atomic E-state index is 10.8. The number of nitrogens with one attached hydrogen (secondary N) is 2. The second-order valence-corrected chi connectivity index (χ2v) is 5.02. The quantitative estimate of drug-likeness (QED) is 0.311. The molecule has 2 aromatic carbocycles. The molecular formula is C15H14N8O2. The lowest BCUT2D eigenvalue weighted by Gasteiger charge is -2.09. The molecule has 0 unspecified atom stereocenters. The second kappa shape index (κ2) is 6.66. The third-order valence-electron chi connectivity index (χ3n) is 3.11. The summed E-state index contributed by atoms with van der Waals surface area (Å²) in [5.74, 6) is 0.361. The molecule has 0 aliphatic carbocycles. The van der Waals surface area contributed by atoms with Gasteiger partial charge in [0.15, 0.2) is 0 Å². The van der Waals surface area contributed by atoms with E-state index < -0.39 is 4.92 Å². The highest BCUT2D eigenvalue weighted by Crippen LogP contribution is 2.21. The lowest BCUT2D eigenvalue weighted by Crippen LogP contribution is -2.07. The van der Waals surface area contributed by atoms with Gasteiger partial charge in [0.1, 0.15) is 0 Å². The third kappa shape index (κ3) is 4.07. The van der Waals surface area contributed by atoms with Crippen LogP contribution in [0.3, 0.4) is 0 Å². The highest BCUT2D eigenvalue weighted by atomic mass is 16.6. The first kappa shape index (κ1) is 15.9. The Balaban J connectivity index is 1.84. The van der Waals surface area contributed by atoms with Crippen molar-refractivity contribution in [3.05, 3.63) is 58.6 Å². The molecule has 126 valence electrons. The number of rotatable bonds is 5. The molecule has 1 heterocycles. The van der Waals surface area contributed by atoms with Crippen LogP contribution in [0.4, 0.5) is 40.6 Å². The first-order chi connectivity index (χ1) is 12.0. The molecule has 3 rings (SSSR count). The van der Waals surface area contributed by atoms with Gasteiger partial charge in [0.2, 0.25) is 17.8 Å². The Morgan fingerprint density at radius 1 is 0.880 bits per heavy atom. The molecular weight excluding hydrogens is 324 g/mol. The van der Waals surface area contributed by atoms with Crippen LogP contribution >= 0.6 is 0 Å². The van der Waals surface area contributed by atoms with Crippen molar-refractivity contribution in [3.63, 3.8) is 0 Å². The van der Waals surface area contributed by atoms with Gasteiger partial charge in [-0.1, -0.05) is 12.1 Å². The first-order valence-electron chi connectivity index (χ1n) is 7.15. The number of nitro benzene ring substituents is 1. The van der Waals surface area contributed by atoms with Crippen molar-refractivity contribution >= 4 is 40.6 Å². The van der Waals surface area contributed by atoms with Gasteiger partial charge >= 0.3 is 0 Å². The molecule has 10 heteroatoms. The van der Waals surface area contributed by atoms with Gasteiger partial charge in [-0.3, -0.25) is 10.1 Å². The standard InChI is InChI=1S/C15H14N8O2/c16-9-3-1-4-10(7-9)18-14-20-13(17)21-15(22-14)19-11-5-2-6-12(8-11)23(24)25/h1-8H,16H2,(H4,17,18,19,20,21,22). The number of hydrogen-bond donors (Lipinski definition) is 4. The fourth-order valence-corrected chi connectivity index (χ4v) is 2.08. The Labute approximate surface area is 142 Å². The van der Waals surface area contributed by atoms with E-state index >= 15 is 0 Å². The number of nitro groups is 1. The van der Waals surface area contributed by atoms with E-state index in [2.05, 4.69) is 25.6 Å². The number of non-ortho nitro benzene ring substituents is 1. The van der Waals surface area contributed by atoms with Crippen LogP contribution in [-0.2, 0) is 0 Å². The Morgan fingerprint density at radius 3 is 2.08 bits per heavy atom. The van der Waals surface area contributed by atoms with Crippen LogP contribution < -0.4 is 22.1 Å². The van der Waals surface area contributed by atoms with Crippen LogP contribution in [-0.4, -0.2) is 19.9 Å². The second-order valence-electron chi connectivity index (χ2n) is 5.02. The zero-order valence-corrected chi connectivity index (χ0v) is 12.9. The van der Waals surface area contributed by atoms with Gasteiger partial charge in [-0.25, -0.2) is 0 Å². The van der Waals surface area contributed by atoms with Crippen LogP contribution in [0.15, 0.2) is 48.5 Å². The van der Waals surface area contributed by atoms with Crippen molar-refractivity contribution in [2.24, 2.45) is 0 Å². The predicted octanol–water partition coefficient (Wildman–Crippen LogP) is 2.43. The van der Waals surface area contributed by atoms with E-state index in [4.69, 9.17) is 11.5 Å². The lowest BCUT2D eigenvalue weighted by molar-refractivity contribution is -0.384. The molecule has 0 amide bonds. The Kier molecular flexibility index (Phi) is 4.24. The normalized spacial score (nSPS) is 10.2. The molecule has 0 atom stereocenters. The average molecular weight is 338 g/mol. The number of benzene rings is 2. The van der Waals surface area contributed by atoms with E-state index in [-0.39, 0.29) is 23.5 Å². The van der Waals surface area contributed by atoms with E-state index in [1.54, 1.807) is 36.4 Å². The van der Waals surface area contributed by atoms with Crippen molar-refractivity contribution in [1.82, 2.24) is 15.0 Å². The number of nitrogen functional groups attached to an aromatic ring is 2. The highest BCUT2D eigenvalue weighted by Gasteiger charge is 2.09. The number of aromatic nitrogens is 3. The number of hydrogen-bond acceptors (Lipinski definition) is 9. The fourth-order valence-electron chi connectivity index (χ4n) is 2.08. The summed E-state index contributed by atoms with van der Waals surface area (Å²) in [7, 11) is 0. The maximum absolute atomic E-state index is 10.8. The zero-order valence-electron chi connectivity index (χ0n) is 12.9. The van der Waals surface area contributed by atoms with Gasteiger partial charge in [-0.2, -0.15) is 15.0 Å². The molecule has 0 bridgehead atoms. The first-order valence-corrected chi connectivity index (χ1v) is 7.15. The van der Waals surface area contributed by atoms with E-state index in [1.807, 2.05) is 0 Å². The van der Waals surface area contributed by atoms with Gasteiger partial charge in [0.25, 0.3) is 5.69 Å². The Morgan fingerprint density at radius 2 is 1.48 bits per heavy atom. The van der Waals surface area contributed by atoms with E-state index in [0.717, 1.165) is 0 Å². The molecule has 0 aliphatic rings. The molecule has 25 heavy (non-hydrogen) atoms. The smallest absolute Gasteiger partial charge is 0.271 e. The minimum atomic E-state index is -0.486. The van der Waals surface area contributed by atoms with Crippen molar-refractivity contribution in [2.45, 2.75) is 0 Å². The summed E-state index contributed by atoms with van der Waals surface area (Å²) in [6.45, 7) is 0. The summed E-state index contributed by atoms with van der Waals surface area (Å²) >= 11 is 0. The van der Waals surface area contributed by atoms with Crippen molar-refractivity contribution in [2.75, 3.05) is 22.1 Å². The molecule has 0 saturated carbocycles. The van der Waals surface area contributed by atoms with Crippen molar-refractivity contribution < 1.29 is 4.92 Å². The molecule has 0 spiro atoms. The predicted molar refractivity (Wildman–Crippen MR) is 94.8 cm³/mol. The Hall–Kier alpha value is -3.95. The van der Waals surface area contributed by atoms with Crippen molar-refractivity contribution in [1.29, 1.82) is 0 Å². The van der Waals surface area contributed by atoms with E-state index in [1.165, 1.54) is 12.1 Å². The van der Waals surface area contributed by atoms with E-state index in [9.17, 15) is 10.1 Å². The summed E-state index contributed by atoms with van der Waals surface area (Å²) in [4.78, 5) is 22.5. The summed E-state index contributed by atoms with van der Waals surface area (Å²) in [5, 5.41) is 16.7. The van der Waals surface area contributed by atoms with Crippen LogP contribution in [0.1, 0.15) is 0 Å². The molecule has 3 aromatic rings. The number of anilines is 6. The van der Waals surface area contributed by atoms with Gasteiger partial charge < -0.3 is 22.1 Å². The van der Waals surface area contributed by atoms with Crippen LogP contribution in [0.5, 0.6) is 0 Å². The van der Waals surface area contributed by atoms with Gasteiger partial charge in [-0.15, -0.1) is 0 Å². The summed E-state index contributed by atoms with van der Waals surface area (Å²) in [5.41, 5.74) is 13.1. The third-order valence-corrected chi connectivity index (χ3v) is 3.11. The summed E-state index contributed by atoms with van der Waals surface area (Å²) in [6, 6.07) is 13.0. The monoisotopic (exact) mass is 338 g/mol. The van der Waals surface area contributed by atoms with Crippen molar-refractivity contribution in [3.8, 4) is 0 Å². The van der Waals surface area contributed by atoms with Gasteiger partial charge in [0, 0.05) is 29.2 Å². The topological polar surface area (TPSA) is 158 Å². The number of nitrogens with zero attached hydrogens (tertiary/aromatic N) is 4. The van der Waals surface area contributed by atoms with Crippen LogP contribution in [0, 0.1) is 10.1 Å². The summed E-state index contributed by atoms with van der Waals surface area (Å²) in [6.07, 6.45) is 0. The molecule has 6 N–H and O–H groups in total. The lowest BCUT2D eigenvalue weighted by atomic mass is 10.3. The molecule has 0 aliphatic heterocycles. The fraction of sp³-hybridized carbons (Fsp3) is 0. The van der Waals surface area contributed by atoms with E-state index in [0.29, 0.717) is 17.1 Å². The zero-order chi connectivity index (χ0) is 17.8. The molecule has 0 radical (unpaired) electrons. The molecule has 0 saturated heterocycles. The maximum Gasteiger partial charge on any atom is 0.271 e. The van der Waals surface area contributed by atoms with Crippen LogP contribution in [0.25, 0.3) is 0 Å². The van der Waals surface area contributed by atoms with Gasteiger partial charge in [-0.05, 0) is 24.3 Å². The van der Waals surface area contributed by atoms with Crippen LogP contribution in [0.2, 0.25) is 0 Å². The largest absolute Gasteiger partial charge is 0.399 e. The molecule has 1 aromatic heterocycles. The van der Waals surface area contributed by atoms with Gasteiger partial charge in [0.05, 0.1) is 4.92 Å². The molecule has 0 fully saturated rings. The minimum absolute atomic E-state index is 0.00525. The highest BCUT2D eigenvalue weighted by molar-refractivity contribution is 5.62. The molecule has 10 nitrogen and oxygen atoms in total. The SMILES string of the molecule is Nc1cccc(Nc2nc(N)nc(Nc3cccc([N+](=O)[O-])c3)n2)c1. The summed E-state index contributed by atoms with van der Waals surface area (Å²) < 4.78 is 0. The Bertz CT molecular complexity index is 931. The average Bonchev–Trinajstić information content (AvgIpc) is 2.54.